The second kappa shape index (κ2) is 11.6. The Balaban J connectivity index is 2.10. The summed E-state index contributed by atoms with van der Waals surface area (Å²) in [6, 6.07) is 9.79. The molecule has 0 spiro atoms. The Bertz CT molecular complexity index is 924. The van der Waals surface area contributed by atoms with E-state index in [2.05, 4.69) is 21.2 Å². The smallest absolute Gasteiger partial charge is 0.329 e. The Morgan fingerprint density at radius 1 is 1.27 bits per heavy atom. The van der Waals surface area contributed by atoms with Crippen LogP contribution < -0.4 is 10.1 Å². The number of hydrogen-bond acceptors (Lipinski definition) is 7. The summed E-state index contributed by atoms with van der Waals surface area (Å²) in [5.74, 6) is 0.0220. The first kappa shape index (κ1) is 23.7. The average Bonchev–Trinajstić information content (AvgIpc) is 2.74. The van der Waals surface area contributed by atoms with Gasteiger partial charge in [-0.25, -0.2) is 4.79 Å². The summed E-state index contributed by atoms with van der Waals surface area (Å²) in [5, 5.41) is 13.5. The maximum absolute atomic E-state index is 12.6. The Labute approximate surface area is 186 Å². The maximum atomic E-state index is 12.6. The number of carbonyl (C=O) groups is 2. The normalized spacial score (nSPS) is 11.4. The fraction of sp³-hybridized carbons (Fsp3) is 0.300. The zero-order chi connectivity index (χ0) is 22.1. The van der Waals surface area contributed by atoms with Crippen LogP contribution in [0, 0.1) is 10.1 Å². The summed E-state index contributed by atoms with van der Waals surface area (Å²) < 4.78 is 11.5. The predicted molar refractivity (Wildman–Crippen MR) is 118 cm³/mol. The molecule has 0 aromatic heterocycles. The third-order valence-electron chi connectivity index (χ3n) is 4.13. The van der Waals surface area contributed by atoms with Gasteiger partial charge in [0.25, 0.3) is 11.6 Å². The fourth-order valence-corrected chi connectivity index (χ4v) is 3.48. The molecule has 2 aromatic carbocycles. The van der Waals surface area contributed by atoms with Crippen molar-refractivity contribution in [3.63, 3.8) is 0 Å². The second-order valence-electron chi connectivity index (χ2n) is 6.18. The molecule has 30 heavy (non-hydrogen) atoms. The molecule has 0 saturated heterocycles. The summed E-state index contributed by atoms with van der Waals surface area (Å²) in [7, 11) is 1.52. The highest BCUT2D eigenvalue weighted by Gasteiger charge is 2.24. The fourth-order valence-electron chi connectivity index (χ4n) is 2.60. The minimum Gasteiger partial charge on any atom is -0.496 e. The molecule has 0 bridgehead atoms. The van der Waals surface area contributed by atoms with Gasteiger partial charge in [-0.2, -0.15) is 11.8 Å². The van der Waals surface area contributed by atoms with Crippen LogP contribution in [0.15, 0.2) is 46.9 Å². The van der Waals surface area contributed by atoms with Crippen molar-refractivity contribution in [1.82, 2.24) is 5.32 Å². The van der Waals surface area contributed by atoms with E-state index < -0.39 is 22.8 Å². The summed E-state index contributed by atoms with van der Waals surface area (Å²) >= 11 is 4.89. The second-order valence-corrected chi connectivity index (χ2v) is 8.08. The van der Waals surface area contributed by atoms with Gasteiger partial charge in [-0.3, -0.25) is 14.9 Å². The Hall–Kier alpha value is -2.59. The molecular formula is C20H21BrN2O6S. The lowest BCUT2D eigenvalue weighted by Gasteiger charge is -2.18. The highest BCUT2D eigenvalue weighted by molar-refractivity contribution is 9.10. The Kier molecular flexibility index (Phi) is 9.13. The van der Waals surface area contributed by atoms with Crippen molar-refractivity contribution in [1.29, 1.82) is 0 Å². The minimum absolute atomic E-state index is 0.0239. The molecule has 2 aromatic rings. The number of nitrogens with zero attached hydrogens (tertiary/aromatic N) is 1. The van der Waals surface area contributed by atoms with E-state index in [1.165, 1.54) is 43.1 Å². The number of non-ortho nitro benzene ring substituents is 1. The number of rotatable bonds is 10. The predicted octanol–water partition coefficient (Wildman–Crippen LogP) is 3.96. The monoisotopic (exact) mass is 496 g/mol. The SMILES string of the molecule is COc1ccc(Br)cc1COC(=O)C(CCSC)NC(=O)c1cccc([N+](=O)[O-])c1. The third kappa shape index (κ3) is 6.74. The topological polar surface area (TPSA) is 108 Å². The van der Waals surface area contributed by atoms with E-state index in [0.717, 1.165) is 4.47 Å². The molecule has 0 heterocycles. The van der Waals surface area contributed by atoms with Crippen molar-refractivity contribution in [2.45, 2.75) is 19.1 Å². The highest BCUT2D eigenvalue weighted by atomic mass is 79.9. The summed E-state index contributed by atoms with van der Waals surface area (Å²) in [6.45, 7) is -0.0239. The Morgan fingerprint density at radius 3 is 2.70 bits per heavy atom. The zero-order valence-corrected chi connectivity index (χ0v) is 18.8. The molecular weight excluding hydrogens is 476 g/mol. The van der Waals surface area contributed by atoms with Gasteiger partial charge < -0.3 is 14.8 Å². The van der Waals surface area contributed by atoms with E-state index in [1.54, 1.807) is 12.1 Å². The number of nitro benzene ring substituents is 1. The van der Waals surface area contributed by atoms with Crippen LogP contribution in [-0.4, -0.2) is 42.0 Å². The molecule has 1 atom stereocenters. The minimum atomic E-state index is -0.887. The van der Waals surface area contributed by atoms with Crippen molar-refractivity contribution < 1.29 is 24.0 Å². The molecule has 8 nitrogen and oxygen atoms in total. The van der Waals surface area contributed by atoms with Crippen LogP contribution in [0.3, 0.4) is 0 Å². The van der Waals surface area contributed by atoms with E-state index in [4.69, 9.17) is 9.47 Å². The number of hydrogen-bond donors (Lipinski definition) is 1. The molecule has 0 fully saturated rings. The van der Waals surface area contributed by atoms with Gasteiger partial charge >= 0.3 is 5.97 Å². The van der Waals surface area contributed by atoms with Crippen LogP contribution in [0.5, 0.6) is 5.75 Å². The van der Waals surface area contributed by atoms with Crippen LogP contribution in [0.1, 0.15) is 22.3 Å². The number of benzene rings is 2. The van der Waals surface area contributed by atoms with E-state index in [-0.39, 0.29) is 17.9 Å². The first-order valence-electron chi connectivity index (χ1n) is 8.89. The van der Waals surface area contributed by atoms with Crippen LogP contribution >= 0.6 is 27.7 Å². The quantitative estimate of drug-likeness (QED) is 0.301. The highest BCUT2D eigenvalue weighted by Crippen LogP contribution is 2.24. The standard InChI is InChI=1S/C20H21BrN2O6S/c1-28-18-7-6-15(21)10-14(18)12-29-20(25)17(8-9-30-2)22-19(24)13-4-3-5-16(11-13)23(26)27/h3-7,10-11,17H,8-9,12H2,1-2H3,(H,22,24). The van der Waals surface area contributed by atoms with E-state index in [1.807, 2.05) is 12.3 Å². The van der Waals surface area contributed by atoms with Gasteiger partial charge in [0.2, 0.25) is 0 Å². The molecule has 0 aliphatic rings. The summed E-state index contributed by atoms with van der Waals surface area (Å²) in [5.41, 5.74) is 0.571. The van der Waals surface area contributed by atoms with Crippen LogP contribution in [-0.2, 0) is 16.1 Å². The van der Waals surface area contributed by atoms with Crippen molar-refractivity contribution in [3.8, 4) is 5.75 Å². The molecule has 2 rings (SSSR count). The lowest BCUT2D eigenvalue weighted by atomic mass is 10.1. The average molecular weight is 497 g/mol. The van der Waals surface area contributed by atoms with Crippen LogP contribution in [0.4, 0.5) is 5.69 Å². The van der Waals surface area contributed by atoms with Gasteiger partial charge in [0, 0.05) is 27.7 Å². The number of ether oxygens (including phenoxy) is 2. The van der Waals surface area contributed by atoms with Gasteiger partial charge in [0.15, 0.2) is 0 Å². The number of carbonyl (C=O) groups excluding carboxylic acids is 2. The van der Waals surface area contributed by atoms with Gasteiger partial charge in [0.05, 0.1) is 12.0 Å². The van der Waals surface area contributed by atoms with Gasteiger partial charge in [-0.1, -0.05) is 22.0 Å². The molecule has 0 saturated carbocycles. The summed E-state index contributed by atoms with van der Waals surface area (Å²) in [4.78, 5) is 35.5. The van der Waals surface area contributed by atoms with Crippen molar-refractivity contribution in [2.24, 2.45) is 0 Å². The van der Waals surface area contributed by atoms with Crippen molar-refractivity contribution >= 4 is 45.3 Å². The third-order valence-corrected chi connectivity index (χ3v) is 5.27. The first-order chi connectivity index (χ1) is 14.3. The number of methoxy groups -OCH3 is 1. The number of amides is 1. The molecule has 1 N–H and O–H groups in total. The maximum Gasteiger partial charge on any atom is 0.329 e. The van der Waals surface area contributed by atoms with E-state index in [0.29, 0.717) is 23.5 Å². The Morgan fingerprint density at radius 2 is 2.03 bits per heavy atom. The largest absolute Gasteiger partial charge is 0.496 e. The zero-order valence-electron chi connectivity index (χ0n) is 16.4. The van der Waals surface area contributed by atoms with Gasteiger partial charge in [-0.15, -0.1) is 0 Å². The lowest BCUT2D eigenvalue weighted by molar-refractivity contribution is -0.384. The van der Waals surface area contributed by atoms with Crippen LogP contribution in [0.2, 0.25) is 0 Å². The van der Waals surface area contributed by atoms with Gasteiger partial charge in [-0.05, 0) is 42.7 Å². The first-order valence-corrected chi connectivity index (χ1v) is 11.1. The molecule has 1 unspecified atom stereocenters. The molecule has 160 valence electrons. The molecule has 0 aliphatic carbocycles. The molecule has 0 radical (unpaired) electrons. The number of thioether (sulfide) groups is 1. The number of nitro groups is 1. The number of halogens is 1. The number of nitrogens with one attached hydrogen (secondary N) is 1. The lowest BCUT2D eigenvalue weighted by Crippen LogP contribution is -2.42. The number of esters is 1. The van der Waals surface area contributed by atoms with Gasteiger partial charge in [0.1, 0.15) is 18.4 Å². The van der Waals surface area contributed by atoms with Crippen molar-refractivity contribution in [3.05, 3.63) is 68.2 Å². The summed E-state index contributed by atoms with van der Waals surface area (Å²) in [6.07, 6.45) is 2.24. The molecule has 0 aliphatic heterocycles. The van der Waals surface area contributed by atoms with Crippen molar-refractivity contribution in [2.75, 3.05) is 19.1 Å². The molecule has 10 heteroatoms. The molecule has 1 amide bonds. The van der Waals surface area contributed by atoms with E-state index in [9.17, 15) is 19.7 Å². The van der Waals surface area contributed by atoms with E-state index >= 15 is 0 Å². The van der Waals surface area contributed by atoms with Crippen LogP contribution in [0.25, 0.3) is 0 Å².